The Morgan fingerprint density at radius 2 is 1.76 bits per heavy atom. The summed E-state index contributed by atoms with van der Waals surface area (Å²) < 4.78 is 0. The fraction of sp³-hybridized carbons (Fsp3) is 0.400. The molecule has 110 valence electrons. The van der Waals surface area contributed by atoms with Crippen LogP contribution in [0.1, 0.15) is 54.9 Å². The molecule has 2 aromatic rings. The lowest BCUT2D eigenvalue weighted by Crippen LogP contribution is -2.01. The summed E-state index contributed by atoms with van der Waals surface area (Å²) >= 11 is 0. The second-order valence-electron chi connectivity index (χ2n) is 6.21. The summed E-state index contributed by atoms with van der Waals surface area (Å²) in [5.74, 6) is 0.912. The second kappa shape index (κ2) is 6.44. The third kappa shape index (κ3) is 3.36. The number of hydrogen-bond acceptors (Lipinski definition) is 1. The summed E-state index contributed by atoms with van der Waals surface area (Å²) in [6.07, 6.45) is 4.38. The molecule has 3 unspecified atom stereocenters. The van der Waals surface area contributed by atoms with Gasteiger partial charge in [-0.25, -0.2) is 0 Å². The van der Waals surface area contributed by atoms with Crippen LogP contribution in [0.2, 0.25) is 0 Å². The zero-order chi connectivity index (χ0) is 14.7. The van der Waals surface area contributed by atoms with E-state index in [-0.39, 0.29) is 6.10 Å². The van der Waals surface area contributed by atoms with Crippen molar-refractivity contribution in [1.82, 2.24) is 0 Å². The molecule has 1 N–H and O–H groups in total. The van der Waals surface area contributed by atoms with Crippen LogP contribution >= 0.6 is 0 Å². The number of aliphatic hydroxyl groups excluding tert-OH is 1. The van der Waals surface area contributed by atoms with E-state index in [4.69, 9.17) is 0 Å². The fourth-order valence-electron chi connectivity index (χ4n) is 3.16. The molecule has 3 atom stereocenters. The third-order valence-electron chi connectivity index (χ3n) is 4.61. The first-order chi connectivity index (χ1) is 10.3. The van der Waals surface area contributed by atoms with Crippen molar-refractivity contribution in [3.05, 3.63) is 71.3 Å². The molecule has 0 bridgehead atoms. The third-order valence-corrected chi connectivity index (χ3v) is 4.61. The smallest absolute Gasteiger partial charge is 0.0824 e. The van der Waals surface area contributed by atoms with E-state index in [2.05, 4.69) is 55.5 Å². The molecule has 0 aliphatic heterocycles. The molecule has 1 aliphatic carbocycles. The van der Waals surface area contributed by atoms with Gasteiger partial charge < -0.3 is 5.11 Å². The van der Waals surface area contributed by atoms with Crippen LogP contribution in [0.25, 0.3) is 0 Å². The molecule has 0 saturated heterocycles. The molecule has 0 amide bonds. The van der Waals surface area contributed by atoms with Gasteiger partial charge in [-0.05, 0) is 47.8 Å². The number of hydrogen-bond donors (Lipinski definition) is 1. The summed E-state index contributed by atoms with van der Waals surface area (Å²) in [5.41, 5.74) is 3.81. The first kappa shape index (κ1) is 14.3. The predicted octanol–water partition coefficient (Wildman–Crippen LogP) is 4.87. The van der Waals surface area contributed by atoms with Gasteiger partial charge in [0.15, 0.2) is 0 Å². The molecule has 0 aromatic heterocycles. The molecule has 0 heterocycles. The number of benzene rings is 2. The molecular formula is C20H24O. The quantitative estimate of drug-likeness (QED) is 0.800. The molecule has 2 aromatic carbocycles. The van der Waals surface area contributed by atoms with Crippen LogP contribution in [0.4, 0.5) is 0 Å². The SMILES string of the molecule is CCCCc1ccc(C(O)C2CC2c2ccccc2)cc1. The van der Waals surface area contributed by atoms with E-state index >= 15 is 0 Å². The van der Waals surface area contributed by atoms with Gasteiger partial charge in [0.2, 0.25) is 0 Å². The minimum Gasteiger partial charge on any atom is -0.388 e. The normalized spacial score (nSPS) is 22.0. The lowest BCUT2D eigenvalue weighted by molar-refractivity contribution is 0.151. The van der Waals surface area contributed by atoms with Crippen LogP contribution < -0.4 is 0 Å². The largest absolute Gasteiger partial charge is 0.388 e. The Balaban J connectivity index is 1.63. The first-order valence-corrected chi connectivity index (χ1v) is 8.11. The molecule has 1 aliphatic rings. The van der Waals surface area contributed by atoms with Crippen LogP contribution in [0.5, 0.6) is 0 Å². The van der Waals surface area contributed by atoms with Crippen molar-refractivity contribution < 1.29 is 5.11 Å². The van der Waals surface area contributed by atoms with E-state index in [1.165, 1.54) is 24.0 Å². The van der Waals surface area contributed by atoms with Crippen LogP contribution in [0.15, 0.2) is 54.6 Å². The number of aryl methyl sites for hydroxylation is 1. The monoisotopic (exact) mass is 280 g/mol. The van der Waals surface area contributed by atoms with Crippen molar-refractivity contribution in [3.63, 3.8) is 0 Å². The number of unbranched alkanes of at least 4 members (excludes halogenated alkanes) is 1. The highest BCUT2D eigenvalue weighted by atomic mass is 16.3. The fourth-order valence-corrected chi connectivity index (χ4v) is 3.16. The highest BCUT2D eigenvalue weighted by Gasteiger charge is 2.43. The number of aliphatic hydroxyl groups is 1. The van der Waals surface area contributed by atoms with Crippen molar-refractivity contribution in [2.45, 2.75) is 44.6 Å². The highest BCUT2D eigenvalue weighted by Crippen LogP contribution is 2.53. The summed E-state index contributed by atoms with van der Waals surface area (Å²) in [5, 5.41) is 10.6. The maximum atomic E-state index is 10.6. The Bertz CT molecular complexity index is 558. The summed E-state index contributed by atoms with van der Waals surface area (Å²) in [6, 6.07) is 19.1. The van der Waals surface area contributed by atoms with Crippen LogP contribution in [0.3, 0.4) is 0 Å². The van der Waals surface area contributed by atoms with E-state index in [1.807, 2.05) is 6.07 Å². The van der Waals surface area contributed by atoms with Gasteiger partial charge in [-0.15, -0.1) is 0 Å². The van der Waals surface area contributed by atoms with Crippen LogP contribution in [-0.2, 0) is 6.42 Å². The minimum absolute atomic E-state index is 0.324. The van der Waals surface area contributed by atoms with E-state index in [0.29, 0.717) is 11.8 Å². The van der Waals surface area contributed by atoms with Gasteiger partial charge in [-0.2, -0.15) is 0 Å². The second-order valence-corrected chi connectivity index (χ2v) is 6.21. The lowest BCUT2D eigenvalue weighted by Gasteiger charge is -2.12. The Morgan fingerprint density at radius 1 is 1.05 bits per heavy atom. The van der Waals surface area contributed by atoms with E-state index in [1.54, 1.807) is 0 Å². The maximum Gasteiger partial charge on any atom is 0.0824 e. The van der Waals surface area contributed by atoms with Crippen molar-refractivity contribution in [2.24, 2.45) is 5.92 Å². The van der Waals surface area contributed by atoms with Crippen molar-refractivity contribution >= 4 is 0 Å². The van der Waals surface area contributed by atoms with Crippen molar-refractivity contribution in [3.8, 4) is 0 Å². The van der Waals surface area contributed by atoms with Crippen LogP contribution in [0, 0.1) is 5.92 Å². The van der Waals surface area contributed by atoms with Gasteiger partial charge in [0.05, 0.1) is 6.10 Å². The van der Waals surface area contributed by atoms with Gasteiger partial charge in [0, 0.05) is 0 Å². The Morgan fingerprint density at radius 3 is 2.43 bits per heavy atom. The van der Waals surface area contributed by atoms with E-state index in [0.717, 1.165) is 18.4 Å². The zero-order valence-electron chi connectivity index (χ0n) is 12.7. The maximum absolute atomic E-state index is 10.6. The summed E-state index contributed by atoms with van der Waals surface area (Å²) in [7, 11) is 0. The van der Waals surface area contributed by atoms with Gasteiger partial charge >= 0.3 is 0 Å². The first-order valence-electron chi connectivity index (χ1n) is 8.11. The molecule has 1 fully saturated rings. The predicted molar refractivity (Wildman–Crippen MR) is 87.3 cm³/mol. The molecule has 1 heteroatoms. The standard InChI is InChI=1S/C20H24O/c1-2-3-7-15-10-12-17(13-11-15)20(21)19-14-18(19)16-8-5-4-6-9-16/h4-6,8-13,18-21H,2-3,7,14H2,1H3. The minimum atomic E-state index is -0.324. The number of rotatable bonds is 6. The van der Waals surface area contributed by atoms with Gasteiger partial charge in [-0.3, -0.25) is 0 Å². The molecule has 0 spiro atoms. The molecular weight excluding hydrogens is 256 g/mol. The Labute approximate surface area is 127 Å². The average Bonchev–Trinajstić information content (AvgIpc) is 3.34. The average molecular weight is 280 g/mol. The lowest BCUT2D eigenvalue weighted by atomic mass is 9.99. The van der Waals surface area contributed by atoms with Gasteiger partial charge in [-0.1, -0.05) is 67.9 Å². The topological polar surface area (TPSA) is 20.2 Å². The van der Waals surface area contributed by atoms with Gasteiger partial charge in [0.1, 0.15) is 0 Å². The van der Waals surface area contributed by atoms with Crippen molar-refractivity contribution in [2.75, 3.05) is 0 Å². The van der Waals surface area contributed by atoms with Crippen molar-refractivity contribution in [1.29, 1.82) is 0 Å². The molecule has 1 nitrogen and oxygen atoms in total. The zero-order valence-corrected chi connectivity index (χ0v) is 12.7. The Hall–Kier alpha value is -1.60. The van der Waals surface area contributed by atoms with Gasteiger partial charge in [0.25, 0.3) is 0 Å². The molecule has 3 rings (SSSR count). The highest BCUT2D eigenvalue weighted by molar-refractivity contribution is 5.31. The van der Waals surface area contributed by atoms with E-state index in [9.17, 15) is 5.11 Å². The summed E-state index contributed by atoms with van der Waals surface area (Å²) in [4.78, 5) is 0. The van der Waals surface area contributed by atoms with E-state index < -0.39 is 0 Å². The summed E-state index contributed by atoms with van der Waals surface area (Å²) in [6.45, 7) is 2.22. The molecule has 21 heavy (non-hydrogen) atoms. The molecule has 1 saturated carbocycles. The molecule has 0 radical (unpaired) electrons. The van der Waals surface area contributed by atoms with Crippen LogP contribution in [-0.4, -0.2) is 5.11 Å². The Kier molecular flexibility index (Phi) is 4.40.